The van der Waals surface area contributed by atoms with Crippen LogP contribution in [-0.4, -0.2) is 65.2 Å². The third-order valence-corrected chi connectivity index (χ3v) is 6.56. The fourth-order valence-corrected chi connectivity index (χ4v) is 4.28. The van der Waals surface area contributed by atoms with Crippen molar-refractivity contribution in [2.75, 3.05) is 13.1 Å². The standard InChI is InChI=1S/2C19H28N2O3/c1-19(2,3)24-18(23)16(20)13-9-10-14-21-17(22)15-11-7-5-4-6-8-12-15;1-19(2,3)21-16(18(23)24)13-9-10-14-20-17(22)15-11-7-5-4-6-8-12-15/h4-8,11-12,16H,9-10,13-14,20H2,1-3H3,(H,21,22);4-8,11-12,16,21H,9-10,13-14H2,1-3H3,(H,20,22)(H,23,24)/b2*5-4-,6-4?,7-5?,8-6-,11-7?,12-8?,15-11?,15-12?. The summed E-state index contributed by atoms with van der Waals surface area (Å²) in [4.78, 5) is 47.1. The van der Waals surface area contributed by atoms with Crippen molar-refractivity contribution in [2.24, 2.45) is 5.73 Å². The zero-order valence-electron chi connectivity index (χ0n) is 29.5. The van der Waals surface area contributed by atoms with Gasteiger partial charge < -0.3 is 26.2 Å². The van der Waals surface area contributed by atoms with Gasteiger partial charge in [0.05, 0.1) is 0 Å². The van der Waals surface area contributed by atoms with Crippen molar-refractivity contribution in [2.45, 2.75) is 103 Å². The van der Waals surface area contributed by atoms with Gasteiger partial charge in [-0.25, -0.2) is 0 Å². The summed E-state index contributed by atoms with van der Waals surface area (Å²) in [5, 5.41) is 18.1. The van der Waals surface area contributed by atoms with E-state index in [1.165, 1.54) is 0 Å². The van der Waals surface area contributed by atoms with Crippen LogP contribution in [0.15, 0.2) is 96.2 Å². The molecule has 2 atom stereocenters. The van der Waals surface area contributed by atoms with Gasteiger partial charge in [-0.2, -0.15) is 0 Å². The molecule has 0 aromatic rings. The molecule has 264 valence electrons. The van der Waals surface area contributed by atoms with Gasteiger partial charge in [-0.05, 0) is 104 Å². The molecule has 0 fully saturated rings. The maximum absolute atomic E-state index is 12.1. The average molecular weight is 665 g/mol. The summed E-state index contributed by atoms with van der Waals surface area (Å²) in [7, 11) is 0. The van der Waals surface area contributed by atoms with Gasteiger partial charge in [0.1, 0.15) is 17.7 Å². The molecule has 0 saturated heterocycles. The lowest BCUT2D eigenvalue weighted by atomic mass is 10.0. The van der Waals surface area contributed by atoms with E-state index in [4.69, 9.17) is 10.5 Å². The number of carboxylic acid groups (broad SMARTS) is 1. The van der Waals surface area contributed by atoms with Crippen molar-refractivity contribution in [1.82, 2.24) is 16.0 Å². The van der Waals surface area contributed by atoms with E-state index in [2.05, 4.69) is 16.0 Å². The van der Waals surface area contributed by atoms with E-state index in [1.54, 1.807) is 24.3 Å². The lowest BCUT2D eigenvalue weighted by Gasteiger charge is -2.26. The quantitative estimate of drug-likeness (QED) is 0.117. The number of esters is 1. The Morgan fingerprint density at radius 2 is 1.12 bits per heavy atom. The molecular formula is C38H56N4O6. The van der Waals surface area contributed by atoms with Crippen LogP contribution in [0.1, 0.15) is 80.1 Å². The Labute approximate surface area is 286 Å². The lowest BCUT2D eigenvalue weighted by Crippen LogP contribution is -2.47. The van der Waals surface area contributed by atoms with E-state index >= 15 is 0 Å². The van der Waals surface area contributed by atoms with E-state index in [9.17, 15) is 24.3 Å². The van der Waals surface area contributed by atoms with Gasteiger partial charge in [0, 0.05) is 29.8 Å². The number of rotatable bonds is 15. The molecule has 0 heterocycles. The monoisotopic (exact) mass is 664 g/mol. The number of carbonyl (C=O) groups is 4. The van der Waals surface area contributed by atoms with E-state index in [0.29, 0.717) is 37.1 Å². The highest BCUT2D eigenvalue weighted by atomic mass is 16.6. The molecule has 10 nitrogen and oxygen atoms in total. The smallest absolute Gasteiger partial charge is 0.323 e. The fourth-order valence-electron chi connectivity index (χ4n) is 4.28. The topological polar surface area (TPSA) is 160 Å². The average Bonchev–Trinajstić information content (AvgIpc) is 2.94. The van der Waals surface area contributed by atoms with Crippen LogP contribution in [0, 0.1) is 0 Å². The Morgan fingerprint density at radius 1 is 0.688 bits per heavy atom. The van der Waals surface area contributed by atoms with Gasteiger partial charge in [-0.1, -0.05) is 60.8 Å². The number of carbonyl (C=O) groups excluding carboxylic acids is 3. The molecule has 0 aromatic heterocycles. The van der Waals surface area contributed by atoms with E-state index in [-0.39, 0.29) is 23.3 Å². The van der Waals surface area contributed by atoms with Gasteiger partial charge >= 0.3 is 11.9 Å². The van der Waals surface area contributed by atoms with Crippen LogP contribution in [0.25, 0.3) is 0 Å². The zero-order chi connectivity index (χ0) is 36.0. The maximum atomic E-state index is 12.1. The first-order valence-electron chi connectivity index (χ1n) is 16.6. The normalized spacial score (nSPS) is 18.0. The Morgan fingerprint density at radius 3 is 1.56 bits per heavy atom. The summed E-state index contributed by atoms with van der Waals surface area (Å²) in [5.41, 5.74) is 6.28. The number of allylic oxidation sites excluding steroid dienone is 12. The third-order valence-electron chi connectivity index (χ3n) is 6.56. The van der Waals surface area contributed by atoms with Crippen molar-refractivity contribution < 1.29 is 29.0 Å². The van der Waals surface area contributed by atoms with E-state index < -0.39 is 23.7 Å². The summed E-state index contributed by atoms with van der Waals surface area (Å²) < 4.78 is 5.24. The number of hydrogen-bond acceptors (Lipinski definition) is 7. The minimum absolute atomic E-state index is 0.109. The lowest BCUT2D eigenvalue weighted by molar-refractivity contribution is -0.156. The second-order valence-corrected chi connectivity index (χ2v) is 13.4. The van der Waals surface area contributed by atoms with Crippen LogP contribution in [-0.2, 0) is 23.9 Å². The largest absolute Gasteiger partial charge is 0.480 e. The van der Waals surface area contributed by atoms with Crippen LogP contribution in [0.2, 0.25) is 0 Å². The van der Waals surface area contributed by atoms with E-state index in [0.717, 1.165) is 25.7 Å². The van der Waals surface area contributed by atoms with Gasteiger partial charge in [-0.3, -0.25) is 24.5 Å². The van der Waals surface area contributed by atoms with Crippen LogP contribution in [0.3, 0.4) is 0 Å². The minimum Gasteiger partial charge on any atom is -0.480 e. The third kappa shape index (κ3) is 20.8. The molecule has 0 aliphatic heterocycles. The fraction of sp³-hybridized carbons (Fsp3) is 0.474. The number of hydrogen-bond donors (Lipinski definition) is 5. The van der Waals surface area contributed by atoms with Crippen molar-refractivity contribution in [3.05, 3.63) is 96.2 Å². The molecular weight excluding hydrogens is 608 g/mol. The molecule has 0 aromatic carbocycles. The predicted molar refractivity (Wildman–Crippen MR) is 193 cm³/mol. The molecule has 48 heavy (non-hydrogen) atoms. The maximum Gasteiger partial charge on any atom is 0.323 e. The highest BCUT2D eigenvalue weighted by molar-refractivity contribution is 5.97. The molecule has 0 bridgehead atoms. The highest BCUT2D eigenvalue weighted by Gasteiger charge is 2.23. The molecule has 6 N–H and O–H groups in total. The molecule has 0 saturated carbocycles. The Hall–Kier alpha value is -4.28. The predicted octanol–water partition coefficient (Wildman–Crippen LogP) is 5.27. The summed E-state index contributed by atoms with van der Waals surface area (Å²) >= 11 is 0. The summed E-state index contributed by atoms with van der Waals surface area (Å²) in [6, 6.07) is -1.18. The second kappa shape index (κ2) is 22.3. The van der Waals surface area contributed by atoms with Crippen LogP contribution >= 0.6 is 0 Å². The Balaban J connectivity index is 0.000000480. The SMILES string of the molecule is CC(C)(C)NC(CCCCNC(=O)C1=C/C=C\C=C/C=C1)C(=O)O.CC(C)(C)OC(=O)C(N)CCCCNC(=O)C1=C/C=C\C=C/C=C1. The molecule has 2 amide bonds. The number of aliphatic carboxylic acids is 1. The number of ether oxygens (including phenoxy) is 1. The Bertz CT molecular complexity index is 1300. The van der Waals surface area contributed by atoms with Crippen molar-refractivity contribution in [3.63, 3.8) is 0 Å². The molecule has 2 aliphatic rings. The molecule has 2 unspecified atom stereocenters. The van der Waals surface area contributed by atoms with E-state index in [1.807, 2.05) is 102 Å². The van der Waals surface area contributed by atoms with Gasteiger partial charge in [0.15, 0.2) is 0 Å². The second-order valence-electron chi connectivity index (χ2n) is 13.4. The van der Waals surface area contributed by atoms with Gasteiger partial charge in [0.2, 0.25) is 0 Å². The van der Waals surface area contributed by atoms with Crippen LogP contribution in [0.5, 0.6) is 0 Å². The zero-order valence-corrected chi connectivity index (χ0v) is 29.5. The Kier molecular flexibility index (Phi) is 19.4. The highest BCUT2D eigenvalue weighted by Crippen LogP contribution is 2.11. The number of amides is 2. The molecule has 10 heteroatoms. The first-order valence-corrected chi connectivity index (χ1v) is 16.6. The molecule has 0 spiro atoms. The summed E-state index contributed by atoms with van der Waals surface area (Å²) in [6.45, 7) is 12.4. The number of unbranched alkanes of at least 4 members (excludes halogenated alkanes) is 2. The van der Waals surface area contributed by atoms with Crippen molar-refractivity contribution in [1.29, 1.82) is 0 Å². The first-order chi connectivity index (χ1) is 22.6. The summed E-state index contributed by atoms with van der Waals surface area (Å²) in [6.07, 6.45) is 29.7. The minimum atomic E-state index is -0.835. The first kappa shape index (κ1) is 41.7. The summed E-state index contributed by atoms with van der Waals surface area (Å²) in [5.74, 6) is -1.44. The van der Waals surface area contributed by atoms with Gasteiger partial charge in [0.25, 0.3) is 11.8 Å². The van der Waals surface area contributed by atoms with Crippen molar-refractivity contribution >= 4 is 23.8 Å². The van der Waals surface area contributed by atoms with Crippen molar-refractivity contribution in [3.8, 4) is 0 Å². The number of nitrogens with two attached hydrogens (primary N) is 1. The van der Waals surface area contributed by atoms with Crippen LogP contribution in [0.4, 0.5) is 0 Å². The molecule has 0 radical (unpaired) electrons. The van der Waals surface area contributed by atoms with Crippen LogP contribution < -0.4 is 21.7 Å². The molecule has 2 aliphatic carbocycles. The number of carboxylic acids is 1. The molecule has 2 rings (SSSR count). The number of nitrogens with one attached hydrogen (secondary N) is 3. The van der Waals surface area contributed by atoms with Gasteiger partial charge in [-0.15, -0.1) is 0 Å².